The molecule has 0 aliphatic rings. The van der Waals surface area contributed by atoms with Crippen LogP contribution in [-0.2, 0) is 16.0 Å². The van der Waals surface area contributed by atoms with E-state index in [4.69, 9.17) is 5.11 Å². The van der Waals surface area contributed by atoms with Crippen LogP contribution in [-0.4, -0.2) is 46.1 Å². The summed E-state index contributed by atoms with van der Waals surface area (Å²) in [5, 5.41) is 14.5. The Morgan fingerprint density at radius 2 is 2.33 bits per heavy atom. The number of carboxylic acid groups (broad SMARTS) is 1. The van der Waals surface area contributed by atoms with Crippen molar-refractivity contribution in [2.45, 2.75) is 25.8 Å². The summed E-state index contributed by atoms with van der Waals surface area (Å²) >= 11 is 0. The fourth-order valence-corrected chi connectivity index (χ4v) is 1.46. The molecule has 7 heteroatoms. The van der Waals surface area contributed by atoms with E-state index in [-0.39, 0.29) is 18.7 Å². The molecule has 1 aromatic rings. The Morgan fingerprint density at radius 3 is 2.89 bits per heavy atom. The molecule has 7 nitrogen and oxygen atoms in total. The quantitative estimate of drug-likeness (QED) is 0.469. The molecule has 0 radical (unpaired) electrons. The molecule has 0 spiro atoms. The predicted octanol–water partition coefficient (Wildman–Crippen LogP) is -0.479. The molecule has 0 saturated heterocycles. The number of hydrogen-bond acceptors (Lipinski definition) is 4. The van der Waals surface area contributed by atoms with Gasteiger partial charge in [-0.3, -0.25) is 4.79 Å². The van der Waals surface area contributed by atoms with Gasteiger partial charge in [-0.2, -0.15) is 0 Å². The van der Waals surface area contributed by atoms with Gasteiger partial charge in [0.1, 0.15) is 6.04 Å². The molecule has 1 aromatic heterocycles. The zero-order valence-electron chi connectivity index (χ0n) is 10.3. The van der Waals surface area contributed by atoms with Gasteiger partial charge < -0.3 is 20.7 Å². The fourth-order valence-electron chi connectivity index (χ4n) is 1.46. The SMILES string of the molecule is CCNCCC(=O)NC(Cc1cnc[nH]1)C(=O)O. The van der Waals surface area contributed by atoms with Gasteiger partial charge in [0.2, 0.25) is 5.91 Å². The van der Waals surface area contributed by atoms with Crippen LogP contribution >= 0.6 is 0 Å². The van der Waals surface area contributed by atoms with Crippen molar-refractivity contribution >= 4 is 11.9 Å². The maximum Gasteiger partial charge on any atom is 0.326 e. The third kappa shape index (κ3) is 4.96. The molecule has 0 fully saturated rings. The van der Waals surface area contributed by atoms with Crippen LogP contribution in [0.2, 0.25) is 0 Å². The standard InChI is InChI=1S/C11H18N4O3/c1-2-12-4-3-10(16)15-9(11(17)18)5-8-6-13-7-14-8/h6-7,9,12H,2-5H2,1H3,(H,13,14)(H,15,16)(H,17,18). The van der Waals surface area contributed by atoms with Gasteiger partial charge in [0.25, 0.3) is 0 Å². The molecule has 100 valence electrons. The lowest BCUT2D eigenvalue weighted by molar-refractivity contribution is -0.141. The highest BCUT2D eigenvalue weighted by Gasteiger charge is 2.20. The highest BCUT2D eigenvalue weighted by atomic mass is 16.4. The molecule has 1 heterocycles. The van der Waals surface area contributed by atoms with Crippen molar-refractivity contribution < 1.29 is 14.7 Å². The Hall–Kier alpha value is -1.89. The van der Waals surface area contributed by atoms with Crippen LogP contribution in [0.5, 0.6) is 0 Å². The average molecular weight is 254 g/mol. The van der Waals surface area contributed by atoms with E-state index in [1.54, 1.807) is 6.20 Å². The average Bonchev–Trinajstić information content (AvgIpc) is 2.81. The minimum Gasteiger partial charge on any atom is -0.480 e. The number of carbonyl (C=O) groups excluding carboxylic acids is 1. The smallest absolute Gasteiger partial charge is 0.326 e. The van der Waals surface area contributed by atoms with E-state index in [2.05, 4.69) is 20.6 Å². The van der Waals surface area contributed by atoms with Crippen LogP contribution in [0.4, 0.5) is 0 Å². The first-order valence-electron chi connectivity index (χ1n) is 5.83. The Balaban J connectivity index is 2.42. The topological polar surface area (TPSA) is 107 Å². The lowest BCUT2D eigenvalue weighted by Crippen LogP contribution is -2.43. The summed E-state index contributed by atoms with van der Waals surface area (Å²) in [6, 6.07) is -0.931. The highest BCUT2D eigenvalue weighted by molar-refractivity contribution is 5.83. The van der Waals surface area contributed by atoms with E-state index in [0.717, 1.165) is 6.54 Å². The third-order valence-electron chi connectivity index (χ3n) is 2.39. The monoisotopic (exact) mass is 254 g/mol. The van der Waals surface area contributed by atoms with Gasteiger partial charge in [-0.15, -0.1) is 0 Å². The predicted molar refractivity (Wildman–Crippen MR) is 65.0 cm³/mol. The fraction of sp³-hybridized carbons (Fsp3) is 0.545. The number of nitrogens with zero attached hydrogens (tertiary/aromatic N) is 1. The minimum atomic E-state index is -1.05. The van der Waals surface area contributed by atoms with Gasteiger partial charge in [0.05, 0.1) is 6.33 Å². The van der Waals surface area contributed by atoms with Crippen LogP contribution in [0.15, 0.2) is 12.5 Å². The van der Waals surface area contributed by atoms with E-state index in [9.17, 15) is 9.59 Å². The van der Waals surface area contributed by atoms with Gasteiger partial charge >= 0.3 is 5.97 Å². The molecule has 0 bridgehead atoms. The summed E-state index contributed by atoms with van der Waals surface area (Å²) in [5.41, 5.74) is 0.675. The number of H-pyrrole nitrogens is 1. The van der Waals surface area contributed by atoms with Crippen molar-refractivity contribution in [3.8, 4) is 0 Å². The summed E-state index contributed by atoms with van der Waals surface area (Å²) in [6.45, 7) is 3.26. The number of rotatable bonds is 8. The molecule has 0 aliphatic carbocycles. The molecule has 0 aliphatic heterocycles. The number of aliphatic carboxylic acids is 1. The van der Waals surface area contributed by atoms with Crippen LogP contribution in [0.25, 0.3) is 0 Å². The van der Waals surface area contributed by atoms with Crippen LogP contribution in [0.1, 0.15) is 19.0 Å². The van der Waals surface area contributed by atoms with Crippen molar-refractivity contribution in [1.82, 2.24) is 20.6 Å². The van der Waals surface area contributed by atoms with E-state index in [0.29, 0.717) is 12.2 Å². The second-order valence-corrected chi connectivity index (χ2v) is 3.84. The molecule has 0 aromatic carbocycles. The second kappa shape index (κ2) is 7.44. The second-order valence-electron chi connectivity index (χ2n) is 3.84. The third-order valence-corrected chi connectivity index (χ3v) is 2.39. The molecule has 4 N–H and O–H groups in total. The van der Waals surface area contributed by atoms with Gasteiger partial charge in [0.15, 0.2) is 0 Å². The highest BCUT2D eigenvalue weighted by Crippen LogP contribution is 1.99. The first kappa shape index (κ1) is 14.2. The van der Waals surface area contributed by atoms with Crippen LogP contribution in [0, 0.1) is 0 Å². The Kier molecular flexibility index (Phi) is 5.86. The minimum absolute atomic E-state index is 0.197. The first-order valence-corrected chi connectivity index (χ1v) is 5.83. The summed E-state index contributed by atoms with van der Waals surface area (Å²) in [5.74, 6) is -1.33. The number of carbonyl (C=O) groups is 2. The molecule has 1 amide bonds. The summed E-state index contributed by atoms with van der Waals surface area (Å²) in [6.07, 6.45) is 3.48. The largest absolute Gasteiger partial charge is 0.480 e. The zero-order chi connectivity index (χ0) is 13.4. The van der Waals surface area contributed by atoms with E-state index >= 15 is 0 Å². The summed E-state index contributed by atoms with van der Waals surface area (Å²) in [4.78, 5) is 29.2. The van der Waals surface area contributed by atoms with Gasteiger partial charge in [0, 0.05) is 31.3 Å². The molecule has 1 atom stereocenters. The van der Waals surface area contributed by atoms with Crippen molar-refractivity contribution in [2.24, 2.45) is 0 Å². The van der Waals surface area contributed by atoms with E-state index in [1.807, 2.05) is 6.92 Å². The van der Waals surface area contributed by atoms with Gasteiger partial charge in [-0.05, 0) is 6.54 Å². The number of nitrogens with one attached hydrogen (secondary N) is 3. The maximum atomic E-state index is 11.5. The lowest BCUT2D eigenvalue weighted by atomic mass is 10.1. The van der Waals surface area contributed by atoms with Crippen molar-refractivity contribution in [1.29, 1.82) is 0 Å². The van der Waals surface area contributed by atoms with Crippen LogP contribution in [0.3, 0.4) is 0 Å². The van der Waals surface area contributed by atoms with Gasteiger partial charge in [-0.25, -0.2) is 9.78 Å². The number of hydrogen-bond donors (Lipinski definition) is 4. The zero-order valence-corrected chi connectivity index (χ0v) is 10.3. The Labute approximate surface area is 105 Å². The number of amides is 1. The number of carboxylic acids is 1. The van der Waals surface area contributed by atoms with E-state index in [1.165, 1.54) is 6.33 Å². The summed E-state index contributed by atoms with van der Waals surface area (Å²) < 4.78 is 0. The number of imidazole rings is 1. The van der Waals surface area contributed by atoms with Crippen molar-refractivity contribution in [3.63, 3.8) is 0 Å². The molecular formula is C11H18N4O3. The normalized spacial score (nSPS) is 12.1. The van der Waals surface area contributed by atoms with Crippen LogP contribution < -0.4 is 10.6 Å². The number of aromatic amines is 1. The maximum absolute atomic E-state index is 11.5. The van der Waals surface area contributed by atoms with Crippen molar-refractivity contribution in [2.75, 3.05) is 13.1 Å². The Bertz CT molecular complexity index is 378. The molecule has 18 heavy (non-hydrogen) atoms. The van der Waals surface area contributed by atoms with Gasteiger partial charge in [-0.1, -0.05) is 6.92 Å². The molecule has 1 rings (SSSR count). The molecule has 0 saturated carbocycles. The molecule has 1 unspecified atom stereocenters. The number of aromatic nitrogens is 2. The van der Waals surface area contributed by atoms with E-state index < -0.39 is 12.0 Å². The van der Waals surface area contributed by atoms with Crippen molar-refractivity contribution in [3.05, 3.63) is 18.2 Å². The lowest BCUT2D eigenvalue weighted by Gasteiger charge is -2.13. The Morgan fingerprint density at radius 1 is 1.56 bits per heavy atom. The first-order chi connectivity index (χ1) is 8.63. The molecular weight excluding hydrogens is 236 g/mol. The summed E-state index contributed by atoms with van der Waals surface area (Å²) in [7, 11) is 0.